The molecule has 0 aliphatic carbocycles. The van der Waals surface area contributed by atoms with E-state index in [1.807, 2.05) is 20.2 Å². The number of likely N-dealkylation sites (N-methyl/N-ethyl adjacent to an activating group) is 1. The Hall–Kier alpha value is -1.72. The third-order valence-electron chi connectivity index (χ3n) is 3.19. The quantitative estimate of drug-likeness (QED) is 0.839. The maximum absolute atomic E-state index is 12.1. The molecule has 1 aromatic carbocycles. The molecule has 1 amide bonds. The lowest BCUT2D eigenvalue weighted by atomic mass is 10.2. The minimum absolute atomic E-state index is 0.0861. The van der Waals surface area contributed by atoms with Crippen LogP contribution in [0.25, 0.3) is 0 Å². The van der Waals surface area contributed by atoms with Crippen molar-refractivity contribution in [1.82, 2.24) is 14.7 Å². The van der Waals surface area contributed by atoms with E-state index >= 15 is 0 Å². The second-order valence-corrected chi connectivity index (χ2v) is 5.87. The molecule has 0 saturated carbocycles. The minimum atomic E-state index is -0.144. The Morgan fingerprint density at radius 2 is 2.14 bits per heavy atom. The first-order chi connectivity index (χ1) is 10.4. The Morgan fingerprint density at radius 3 is 2.73 bits per heavy atom. The van der Waals surface area contributed by atoms with Crippen molar-refractivity contribution in [3.05, 3.63) is 45.7 Å². The van der Waals surface area contributed by atoms with Crippen LogP contribution in [-0.4, -0.2) is 34.2 Å². The molecule has 2 rings (SSSR count). The van der Waals surface area contributed by atoms with Crippen molar-refractivity contribution in [3.8, 4) is 5.75 Å². The molecule has 5 nitrogen and oxygen atoms in total. The van der Waals surface area contributed by atoms with E-state index in [0.717, 1.165) is 11.3 Å². The van der Waals surface area contributed by atoms with Crippen molar-refractivity contribution in [2.45, 2.75) is 13.5 Å². The van der Waals surface area contributed by atoms with Crippen LogP contribution in [0.3, 0.4) is 0 Å². The summed E-state index contributed by atoms with van der Waals surface area (Å²) < 4.78 is 7.17. The van der Waals surface area contributed by atoms with Gasteiger partial charge in [0, 0.05) is 37.4 Å². The van der Waals surface area contributed by atoms with E-state index in [2.05, 4.69) is 5.10 Å². The monoisotopic (exact) mass is 341 g/mol. The van der Waals surface area contributed by atoms with E-state index in [4.69, 9.17) is 27.9 Å². The number of aryl methyl sites for hydroxylation is 2. The first-order valence-electron chi connectivity index (χ1n) is 6.67. The molecule has 0 aliphatic heterocycles. The number of nitrogens with zero attached hydrogens (tertiary/aromatic N) is 3. The number of hydrogen-bond acceptors (Lipinski definition) is 3. The van der Waals surface area contributed by atoms with E-state index in [0.29, 0.717) is 22.3 Å². The molecule has 0 saturated heterocycles. The van der Waals surface area contributed by atoms with Gasteiger partial charge in [-0.05, 0) is 25.1 Å². The summed E-state index contributed by atoms with van der Waals surface area (Å²) >= 11 is 11.8. The highest BCUT2D eigenvalue weighted by atomic mass is 35.5. The van der Waals surface area contributed by atoms with E-state index in [1.54, 1.807) is 34.8 Å². The summed E-state index contributed by atoms with van der Waals surface area (Å²) in [4.78, 5) is 13.7. The molecule has 1 heterocycles. The van der Waals surface area contributed by atoms with Gasteiger partial charge in [0.1, 0.15) is 5.75 Å². The molecule has 0 atom stereocenters. The first-order valence-corrected chi connectivity index (χ1v) is 7.43. The summed E-state index contributed by atoms with van der Waals surface area (Å²) in [5.74, 6) is 0.291. The maximum atomic E-state index is 12.1. The van der Waals surface area contributed by atoms with Crippen molar-refractivity contribution in [2.24, 2.45) is 7.05 Å². The van der Waals surface area contributed by atoms with Gasteiger partial charge >= 0.3 is 0 Å². The lowest BCUT2D eigenvalue weighted by Crippen LogP contribution is -2.31. The van der Waals surface area contributed by atoms with Crippen molar-refractivity contribution in [2.75, 3.05) is 13.7 Å². The maximum Gasteiger partial charge on any atom is 0.260 e. The molecule has 0 aliphatic rings. The van der Waals surface area contributed by atoms with Gasteiger partial charge in [-0.25, -0.2) is 0 Å². The fourth-order valence-electron chi connectivity index (χ4n) is 1.99. The summed E-state index contributed by atoms with van der Waals surface area (Å²) in [6, 6.07) is 4.88. The van der Waals surface area contributed by atoms with Crippen LogP contribution in [0.1, 0.15) is 11.3 Å². The van der Waals surface area contributed by atoms with Gasteiger partial charge in [-0.1, -0.05) is 23.2 Å². The van der Waals surface area contributed by atoms with Crippen molar-refractivity contribution < 1.29 is 9.53 Å². The molecule has 7 heteroatoms. The van der Waals surface area contributed by atoms with E-state index in [9.17, 15) is 4.79 Å². The Morgan fingerprint density at radius 1 is 1.41 bits per heavy atom. The molecular formula is C15H17Cl2N3O2. The molecule has 1 aromatic heterocycles. The summed E-state index contributed by atoms with van der Waals surface area (Å²) in [7, 11) is 3.57. The molecule has 0 bridgehead atoms. The second kappa shape index (κ2) is 7.03. The topological polar surface area (TPSA) is 47.4 Å². The minimum Gasteiger partial charge on any atom is -0.482 e. The summed E-state index contributed by atoms with van der Waals surface area (Å²) in [5, 5.41) is 5.16. The molecule has 0 fully saturated rings. The number of ether oxygens (including phenoxy) is 1. The fraction of sp³-hybridized carbons (Fsp3) is 0.333. The van der Waals surface area contributed by atoms with E-state index < -0.39 is 0 Å². The Bertz CT molecular complexity index is 685. The number of benzene rings is 1. The third kappa shape index (κ3) is 4.15. The average Bonchev–Trinajstić information content (AvgIpc) is 2.75. The molecule has 0 unspecified atom stereocenters. The molecule has 0 N–H and O–H groups in total. The number of aromatic nitrogens is 2. The second-order valence-electron chi connectivity index (χ2n) is 5.03. The van der Waals surface area contributed by atoms with Gasteiger partial charge in [0.25, 0.3) is 5.91 Å². The largest absolute Gasteiger partial charge is 0.482 e. The highest BCUT2D eigenvalue weighted by molar-refractivity contribution is 6.35. The molecule has 118 valence electrons. The Balaban J connectivity index is 1.92. The van der Waals surface area contributed by atoms with Gasteiger partial charge in [0.15, 0.2) is 6.61 Å². The zero-order chi connectivity index (χ0) is 16.3. The number of hydrogen-bond donors (Lipinski definition) is 0. The van der Waals surface area contributed by atoms with Crippen LogP contribution in [0.4, 0.5) is 0 Å². The van der Waals surface area contributed by atoms with Gasteiger partial charge in [-0.2, -0.15) is 5.10 Å². The lowest BCUT2D eigenvalue weighted by molar-refractivity contribution is -0.132. The van der Waals surface area contributed by atoms with Gasteiger partial charge in [-0.3, -0.25) is 9.48 Å². The number of carbonyl (C=O) groups excluding carboxylic acids is 1. The highest BCUT2D eigenvalue weighted by Gasteiger charge is 2.14. The Labute approximate surface area is 139 Å². The van der Waals surface area contributed by atoms with Gasteiger partial charge < -0.3 is 9.64 Å². The summed E-state index contributed by atoms with van der Waals surface area (Å²) in [6.07, 6.45) is 1.90. The molecule has 22 heavy (non-hydrogen) atoms. The van der Waals surface area contributed by atoms with Crippen molar-refractivity contribution >= 4 is 29.1 Å². The summed E-state index contributed by atoms with van der Waals surface area (Å²) in [6.45, 7) is 2.31. The standard InChI is InChI=1S/C15H17Cl2N3O2/c1-10-11(8-20(3)18-10)7-19(2)15(21)9-22-14-5-4-12(16)6-13(14)17/h4-6,8H,7,9H2,1-3H3. The molecule has 2 aromatic rings. The molecule has 0 radical (unpaired) electrons. The van der Waals surface area contributed by atoms with Crippen molar-refractivity contribution in [3.63, 3.8) is 0 Å². The molecular weight excluding hydrogens is 325 g/mol. The number of rotatable bonds is 5. The van der Waals surface area contributed by atoms with Crippen LogP contribution in [0.15, 0.2) is 24.4 Å². The number of halogens is 2. The zero-order valence-electron chi connectivity index (χ0n) is 12.6. The predicted molar refractivity (Wildman–Crippen MR) is 86.4 cm³/mol. The van der Waals surface area contributed by atoms with Crippen LogP contribution in [0, 0.1) is 6.92 Å². The molecule has 0 spiro atoms. The average molecular weight is 342 g/mol. The summed E-state index contributed by atoms with van der Waals surface area (Å²) in [5.41, 5.74) is 1.91. The van der Waals surface area contributed by atoms with Crippen LogP contribution >= 0.6 is 23.2 Å². The highest BCUT2D eigenvalue weighted by Crippen LogP contribution is 2.27. The normalized spacial score (nSPS) is 10.6. The van der Waals surface area contributed by atoms with Gasteiger partial charge in [0.05, 0.1) is 10.7 Å². The first kappa shape index (κ1) is 16.6. The number of carbonyl (C=O) groups is 1. The van der Waals surface area contributed by atoms with Crippen LogP contribution in [-0.2, 0) is 18.4 Å². The van der Waals surface area contributed by atoms with E-state index in [1.165, 1.54) is 0 Å². The van der Waals surface area contributed by atoms with Crippen LogP contribution < -0.4 is 4.74 Å². The third-order valence-corrected chi connectivity index (χ3v) is 3.72. The SMILES string of the molecule is Cc1nn(C)cc1CN(C)C(=O)COc1ccc(Cl)cc1Cl. The van der Waals surface area contributed by atoms with Crippen LogP contribution in [0.5, 0.6) is 5.75 Å². The smallest absolute Gasteiger partial charge is 0.260 e. The van der Waals surface area contributed by atoms with Gasteiger partial charge in [0.2, 0.25) is 0 Å². The fourth-order valence-corrected chi connectivity index (χ4v) is 2.45. The lowest BCUT2D eigenvalue weighted by Gasteiger charge is -2.17. The van der Waals surface area contributed by atoms with Crippen molar-refractivity contribution in [1.29, 1.82) is 0 Å². The van der Waals surface area contributed by atoms with Crippen LogP contribution in [0.2, 0.25) is 10.0 Å². The van der Waals surface area contributed by atoms with E-state index in [-0.39, 0.29) is 12.5 Å². The Kier molecular flexibility index (Phi) is 5.32. The predicted octanol–water partition coefficient (Wildman–Crippen LogP) is 3.07. The number of amides is 1. The van der Waals surface area contributed by atoms with Gasteiger partial charge in [-0.15, -0.1) is 0 Å². The zero-order valence-corrected chi connectivity index (χ0v) is 14.1.